The summed E-state index contributed by atoms with van der Waals surface area (Å²) in [5.41, 5.74) is 12.1. The summed E-state index contributed by atoms with van der Waals surface area (Å²) in [6.07, 6.45) is 2.62. The van der Waals surface area contributed by atoms with E-state index in [1.54, 1.807) is 0 Å². The van der Waals surface area contributed by atoms with Crippen molar-refractivity contribution < 1.29 is 0 Å². The normalized spacial score (nSPS) is 18.1. The van der Waals surface area contributed by atoms with E-state index in [9.17, 15) is 0 Å². The van der Waals surface area contributed by atoms with Crippen LogP contribution in [0.5, 0.6) is 0 Å². The molecule has 3 aliphatic heterocycles. The first kappa shape index (κ1) is 26.6. The summed E-state index contributed by atoms with van der Waals surface area (Å²) >= 11 is 0. The van der Waals surface area contributed by atoms with Gasteiger partial charge in [-0.05, 0) is 113 Å². The monoisotopic (exact) mass is 541 g/mol. The summed E-state index contributed by atoms with van der Waals surface area (Å²) in [7, 11) is 0. The number of nitrogens with zero attached hydrogens (tertiary/aromatic N) is 3. The average Bonchev–Trinajstić information content (AvgIpc) is 2.98. The predicted molar refractivity (Wildman–Crippen MR) is 170 cm³/mol. The third kappa shape index (κ3) is 6.17. The Morgan fingerprint density at radius 3 is 1.76 bits per heavy atom. The Bertz CT molecular complexity index is 1470. The molecule has 0 bridgehead atoms. The fraction of sp³-hybridized carbons (Fsp3) is 0.351. The van der Waals surface area contributed by atoms with Crippen LogP contribution in [0.3, 0.4) is 0 Å². The van der Waals surface area contributed by atoms with Crippen molar-refractivity contribution in [2.24, 2.45) is 0 Å². The molecule has 0 aromatic heterocycles. The fourth-order valence-corrected chi connectivity index (χ4v) is 6.44. The summed E-state index contributed by atoms with van der Waals surface area (Å²) in [5.74, 6) is 0. The Morgan fingerprint density at radius 1 is 0.537 bits per heavy atom. The quantitative estimate of drug-likeness (QED) is 0.268. The molecule has 0 spiro atoms. The Morgan fingerprint density at radius 2 is 1.12 bits per heavy atom. The van der Waals surface area contributed by atoms with Crippen molar-refractivity contribution >= 4 is 0 Å². The molecule has 1 N–H and O–H groups in total. The minimum absolute atomic E-state index is 0.975. The first-order valence-corrected chi connectivity index (χ1v) is 15.5. The fourth-order valence-electron chi connectivity index (χ4n) is 6.44. The largest absolute Gasteiger partial charge is 0.314 e. The zero-order valence-corrected chi connectivity index (χ0v) is 24.1. The number of hydrogen-bond acceptors (Lipinski definition) is 4. The van der Waals surface area contributed by atoms with Crippen molar-refractivity contribution in [3.8, 4) is 33.4 Å². The minimum Gasteiger partial charge on any atom is -0.314 e. The molecule has 0 aliphatic carbocycles. The van der Waals surface area contributed by atoms with E-state index in [1.165, 1.54) is 89.1 Å². The highest BCUT2D eigenvalue weighted by atomic mass is 15.2. The molecule has 0 saturated carbocycles. The van der Waals surface area contributed by atoms with Gasteiger partial charge in [-0.3, -0.25) is 14.7 Å². The van der Waals surface area contributed by atoms with E-state index < -0.39 is 0 Å². The number of likely N-dealkylation sites (tertiary alicyclic amines) is 2. The number of piperazine rings is 1. The molecule has 209 valence electrons. The number of nitrogens with one attached hydrogen (secondary N) is 1. The topological polar surface area (TPSA) is 21.8 Å². The summed E-state index contributed by atoms with van der Waals surface area (Å²) in [6.45, 7) is 12.2. The van der Waals surface area contributed by atoms with Crippen molar-refractivity contribution in [1.82, 2.24) is 20.0 Å². The molecule has 4 heteroatoms. The highest BCUT2D eigenvalue weighted by Gasteiger charge is 2.20. The van der Waals surface area contributed by atoms with E-state index in [0.717, 1.165) is 45.8 Å². The number of benzene rings is 4. The standard InChI is InChI=1S/C37H41N4/c1-2-8-30(9-3-1)31-11-13-37(34(24-31)27-39-17-5-18-39)33-12-14-36(35(25-33)28-40-19-6-20-40)32-10-4-7-29(23-32)26-41-21-15-38-16-22-41/h1-4,8-14,23-25,38H,5-6,15-22,26-28H2. The number of rotatable bonds is 9. The van der Waals surface area contributed by atoms with Crippen molar-refractivity contribution in [2.75, 3.05) is 52.4 Å². The second-order valence-electron chi connectivity index (χ2n) is 12.0. The van der Waals surface area contributed by atoms with Crippen LogP contribution in [0.4, 0.5) is 0 Å². The maximum Gasteiger partial charge on any atom is 0.0241 e. The lowest BCUT2D eigenvalue weighted by molar-refractivity contribution is 0.172. The van der Waals surface area contributed by atoms with Gasteiger partial charge in [0.05, 0.1) is 0 Å². The van der Waals surface area contributed by atoms with Crippen molar-refractivity contribution in [2.45, 2.75) is 32.5 Å². The highest BCUT2D eigenvalue weighted by Crippen LogP contribution is 2.35. The maximum absolute atomic E-state index is 3.52. The zero-order chi connectivity index (χ0) is 27.4. The van der Waals surface area contributed by atoms with Gasteiger partial charge in [-0.1, -0.05) is 66.7 Å². The van der Waals surface area contributed by atoms with Crippen LogP contribution in [-0.2, 0) is 19.6 Å². The summed E-state index contributed by atoms with van der Waals surface area (Å²) in [4.78, 5) is 7.69. The van der Waals surface area contributed by atoms with E-state index in [2.05, 4.69) is 111 Å². The smallest absolute Gasteiger partial charge is 0.0241 e. The van der Waals surface area contributed by atoms with Gasteiger partial charge in [0.1, 0.15) is 0 Å². The van der Waals surface area contributed by atoms with Crippen molar-refractivity contribution in [1.29, 1.82) is 0 Å². The van der Waals surface area contributed by atoms with Crippen LogP contribution in [0.25, 0.3) is 33.4 Å². The van der Waals surface area contributed by atoms with E-state index in [4.69, 9.17) is 0 Å². The molecular formula is C37H41N4. The lowest BCUT2D eigenvalue weighted by Crippen LogP contribution is -2.42. The molecule has 7 rings (SSSR count). The van der Waals surface area contributed by atoms with Gasteiger partial charge in [0.25, 0.3) is 0 Å². The molecule has 4 aromatic rings. The second kappa shape index (κ2) is 12.3. The molecule has 1 radical (unpaired) electrons. The average molecular weight is 542 g/mol. The lowest BCUT2D eigenvalue weighted by atomic mass is 9.90. The Balaban J connectivity index is 1.23. The molecule has 3 fully saturated rings. The van der Waals surface area contributed by atoms with Gasteiger partial charge in [0.2, 0.25) is 0 Å². The lowest BCUT2D eigenvalue weighted by Gasteiger charge is -2.32. The third-order valence-corrected chi connectivity index (χ3v) is 9.09. The van der Waals surface area contributed by atoms with Gasteiger partial charge >= 0.3 is 0 Å². The molecule has 4 aromatic carbocycles. The molecule has 0 unspecified atom stereocenters. The molecule has 3 aliphatic rings. The van der Waals surface area contributed by atoms with Gasteiger partial charge in [-0.25, -0.2) is 0 Å². The maximum atomic E-state index is 3.52. The summed E-state index contributed by atoms with van der Waals surface area (Å²) in [5, 5.41) is 3.47. The van der Waals surface area contributed by atoms with E-state index >= 15 is 0 Å². The molecule has 0 atom stereocenters. The molecule has 41 heavy (non-hydrogen) atoms. The SMILES string of the molecule is [c]1ccc(-c2ccc(-c3ccc(-c4ccccc4)cc3CN3CCC3)cc2CN2CCC2)cc1CN1CCNCC1. The van der Waals surface area contributed by atoms with Crippen LogP contribution < -0.4 is 5.32 Å². The zero-order valence-electron chi connectivity index (χ0n) is 24.1. The Hall–Kier alpha value is -3.28. The Labute approximate surface area is 245 Å². The van der Waals surface area contributed by atoms with Crippen molar-refractivity contribution in [3.05, 3.63) is 108 Å². The summed E-state index contributed by atoms with van der Waals surface area (Å²) in [6, 6.07) is 35.4. The highest BCUT2D eigenvalue weighted by molar-refractivity contribution is 5.78. The summed E-state index contributed by atoms with van der Waals surface area (Å²) < 4.78 is 0. The molecular weight excluding hydrogens is 500 g/mol. The van der Waals surface area contributed by atoms with Gasteiger partial charge in [0.15, 0.2) is 0 Å². The van der Waals surface area contributed by atoms with Crippen LogP contribution in [0.2, 0.25) is 0 Å². The first-order chi connectivity index (χ1) is 20.3. The van der Waals surface area contributed by atoms with Gasteiger partial charge in [0, 0.05) is 45.8 Å². The minimum atomic E-state index is 0.975. The molecule has 3 saturated heterocycles. The van der Waals surface area contributed by atoms with Gasteiger partial charge < -0.3 is 5.32 Å². The van der Waals surface area contributed by atoms with Gasteiger partial charge in [-0.2, -0.15) is 0 Å². The molecule has 3 heterocycles. The van der Waals surface area contributed by atoms with E-state index in [1.807, 2.05) is 0 Å². The predicted octanol–water partition coefficient (Wildman–Crippen LogP) is 6.30. The van der Waals surface area contributed by atoms with Crippen LogP contribution in [0, 0.1) is 6.07 Å². The van der Waals surface area contributed by atoms with E-state index in [0.29, 0.717) is 0 Å². The first-order valence-electron chi connectivity index (χ1n) is 15.5. The van der Waals surface area contributed by atoms with Crippen LogP contribution >= 0.6 is 0 Å². The number of hydrogen-bond donors (Lipinski definition) is 1. The third-order valence-electron chi connectivity index (χ3n) is 9.09. The Kier molecular flexibility index (Phi) is 7.98. The van der Waals surface area contributed by atoms with Crippen LogP contribution in [0.1, 0.15) is 29.5 Å². The van der Waals surface area contributed by atoms with Crippen LogP contribution in [-0.4, -0.2) is 67.1 Å². The van der Waals surface area contributed by atoms with Gasteiger partial charge in [-0.15, -0.1) is 0 Å². The molecule has 0 amide bonds. The molecule has 4 nitrogen and oxygen atoms in total. The van der Waals surface area contributed by atoms with E-state index in [-0.39, 0.29) is 0 Å². The second-order valence-corrected chi connectivity index (χ2v) is 12.0. The van der Waals surface area contributed by atoms with Crippen LogP contribution in [0.15, 0.2) is 84.9 Å². The van der Waals surface area contributed by atoms with Crippen molar-refractivity contribution in [3.63, 3.8) is 0 Å².